The summed E-state index contributed by atoms with van der Waals surface area (Å²) in [5.74, 6) is 0.598. The lowest BCUT2D eigenvalue weighted by atomic mass is 9.94. The Balaban J connectivity index is 1.82. The third-order valence-corrected chi connectivity index (χ3v) is 4.99. The summed E-state index contributed by atoms with van der Waals surface area (Å²) < 4.78 is 5.14. The first kappa shape index (κ1) is 16.7. The summed E-state index contributed by atoms with van der Waals surface area (Å²) in [5.41, 5.74) is 5.52. The van der Waals surface area contributed by atoms with Crippen molar-refractivity contribution in [3.63, 3.8) is 0 Å². The molecule has 1 saturated carbocycles. The van der Waals surface area contributed by atoms with E-state index in [0.29, 0.717) is 12.6 Å². The van der Waals surface area contributed by atoms with Crippen LogP contribution in [0.25, 0.3) is 0 Å². The summed E-state index contributed by atoms with van der Waals surface area (Å²) in [4.78, 5) is 16.8. The zero-order valence-electron chi connectivity index (χ0n) is 13.8. The van der Waals surface area contributed by atoms with Crippen LogP contribution in [-0.2, 0) is 9.53 Å². The van der Waals surface area contributed by atoms with E-state index in [1.165, 1.54) is 19.4 Å². The summed E-state index contributed by atoms with van der Waals surface area (Å²) >= 11 is 0. The van der Waals surface area contributed by atoms with Gasteiger partial charge in [-0.25, -0.2) is 0 Å². The summed E-state index contributed by atoms with van der Waals surface area (Å²) in [7, 11) is 4.29. The summed E-state index contributed by atoms with van der Waals surface area (Å²) in [6.45, 7) is 5.72. The van der Waals surface area contributed by atoms with Crippen molar-refractivity contribution in [2.45, 2.75) is 50.6 Å². The van der Waals surface area contributed by atoms with E-state index in [-0.39, 0.29) is 5.97 Å². The Morgan fingerprint density at radius 1 is 1.33 bits per heavy atom. The van der Waals surface area contributed by atoms with E-state index < -0.39 is 5.54 Å². The molecule has 0 aromatic rings. The number of piperidine rings is 1. The molecule has 1 saturated heterocycles. The zero-order chi connectivity index (χ0) is 15.5. The highest BCUT2D eigenvalue weighted by molar-refractivity contribution is 5.81. The molecule has 21 heavy (non-hydrogen) atoms. The predicted octanol–water partition coefficient (Wildman–Crippen LogP) is 1.07. The van der Waals surface area contributed by atoms with Crippen molar-refractivity contribution in [3.05, 3.63) is 0 Å². The van der Waals surface area contributed by atoms with Crippen molar-refractivity contribution in [1.29, 1.82) is 0 Å². The highest BCUT2D eigenvalue weighted by Crippen LogP contribution is 2.34. The first-order valence-corrected chi connectivity index (χ1v) is 8.29. The summed E-state index contributed by atoms with van der Waals surface area (Å²) in [5, 5.41) is 0. The number of nitrogens with zero attached hydrogens (tertiary/aromatic N) is 2. The van der Waals surface area contributed by atoms with Crippen LogP contribution in [0.3, 0.4) is 0 Å². The number of carbonyl (C=O) groups is 1. The van der Waals surface area contributed by atoms with Crippen molar-refractivity contribution < 1.29 is 9.53 Å². The van der Waals surface area contributed by atoms with Crippen LogP contribution in [0.15, 0.2) is 0 Å². The van der Waals surface area contributed by atoms with E-state index in [4.69, 9.17) is 10.5 Å². The Morgan fingerprint density at radius 3 is 2.57 bits per heavy atom. The molecule has 5 heteroatoms. The number of likely N-dealkylation sites (tertiary alicyclic amines) is 1. The van der Waals surface area contributed by atoms with Crippen LogP contribution in [-0.4, -0.2) is 67.7 Å². The zero-order valence-corrected chi connectivity index (χ0v) is 13.8. The average molecular weight is 297 g/mol. The fourth-order valence-corrected chi connectivity index (χ4v) is 3.84. The average Bonchev–Trinajstić information content (AvgIpc) is 2.83. The molecular formula is C16H31N3O2. The second-order valence-corrected chi connectivity index (χ2v) is 7.01. The maximum Gasteiger partial charge on any atom is 0.326 e. The highest BCUT2D eigenvalue weighted by Gasteiger charge is 2.45. The Kier molecular flexibility index (Phi) is 5.63. The Bertz CT molecular complexity index is 353. The molecular weight excluding hydrogens is 266 g/mol. The normalized spacial score (nSPS) is 31.8. The van der Waals surface area contributed by atoms with Gasteiger partial charge in [0.2, 0.25) is 0 Å². The molecule has 2 N–H and O–H groups in total. The van der Waals surface area contributed by atoms with Gasteiger partial charge >= 0.3 is 5.97 Å². The van der Waals surface area contributed by atoms with Gasteiger partial charge in [0.05, 0.1) is 6.61 Å². The molecule has 0 aromatic carbocycles. The minimum atomic E-state index is -0.749. The maximum absolute atomic E-state index is 12.0. The molecule has 5 nitrogen and oxygen atoms in total. The van der Waals surface area contributed by atoms with Crippen LogP contribution in [0, 0.1) is 5.92 Å². The topological polar surface area (TPSA) is 58.8 Å². The minimum absolute atomic E-state index is 0.213. The molecule has 0 spiro atoms. The maximum atomic E-state index is 12.0. The number of esters is 1. The Morgan fingerprint density at radius 2 is 2.00 bits per heavy atom. The van der Waals surface area contributed by atoms with Crippen LogP contribution >= 0.6 is 0 Å². The molecule has 2 aliphatic rings. The van der Waals surface area contributed by atoms with Gasteiger partial charge in [0.25, 0.3) is 0 Å². The van der Waals surface area contributed by atoms with Gasteiger partial charge in [0.1, 0.15) is 5.54 Å². The molecule has 1 aliphatic heterocycles. The number of hydrogen-bond acceptors (Lipinski definition) is 5. The fraction of sp³-hybridized carbons (Fsp3) is 0.938. The van der Waals surface area contributed by atoms with Gasteiger partial charge in [-0.15, -0.1) is 0 Å². The van der Waals surface area contributed by atoms with Crippen LogP contribution in [0.1, 0.15) is 39.0 Å². The lowest BCUT2D eigenvalue weighted by Crippen LogP contribution is -2.49. The number of ether oxygens (including phenoxy) is 1. The lowest BCUT2D eigenvalue weighted by Gasteiger charge is -2.37. The van der Waals surface area contributed by atoms with Crippen LogP contribution in [0.2, 0.25) is 0 Å². The van der Waals surface area contributed by atoms with Gasteiger partial charge in [0.15, 0.2) is 0 Å². The molecule has 122 valence electrons. The van der Waals surface area contributed by atoms with Gasteiger partial charge < -0.3 is 20.3 Å². The number of nitrogens with two attached hydrogens (primary N) is 1. The molecule has 2 unspecified atom stereocenters. The molecule has 0 radical (unpaired) electrons. The molecule has 1 heterocycles. The molecule has 0 bridgehead atoms. The molecule has 1 aliphatic carbocycles. The first-order chi connectivity index (χ1) is 9.94. The van der Waals surface area contributed by atoms with Crippen molar-refractivity contribution in [2.75, 3.05) is 40.3 Å². The number of hydrogen-bond donors (Lipinski definition) is 1. The third-order valence-electron chi connectivity index (χ3n) is 4.99. The molecule has 2 fully saturated rings. The summed E-state index contributed by atoms with van der Waals surface area (Å²) in [6.07, 6.45) is 5.04. The van der Waals surface area contributed by atoms with E-state index in [1.54, 1.807) is 0 Å². The van der Waals surface area contributed by atoms with E-state index in [2.05, 4.69) is 23.9 Å². The summed E-state index contributed by atoms with van der Waals surface area (Å²) in [6, 6.07) is 0.458. The number of carbonyl (C=O) groups excluding carboxylic acids is 1. The minimum Gasteiger partial charge on any atom is -0.465 e. The van der Waals surface area contributed by atoms with Crippen LogP contribution in [0.5, 0.6) is 0 Å². The Hall–Kier alpha value is -0.650. The second-order valence-electron chi connectivity index (χ2n) is 7.01. The predicted molar refractivity (Wildman–Crippen MR) is 84.0 cm³/mol. The second kappa shape index (κ2) is 7.07. The van der Waals surface area contributed by atoms with Crippen molar-refractivity contribution in [3.8, 4) is 0 Å². The monoisotopic (exact) mass is 297 g/mol. The Labute approximate surface area is 128 Å². The SMILES string of the molecule is CCOC(=O)C1(N)CCC(N2CCC(CN(C)C)CC2)C1. The van der Waals surface area contributed by atoms with E-state index in [0.717, 1.165) is 38.3 Å². The van der Waals surface area contributed by atoms with E-state index in [1.807, 2.05) is 6.92 Å². The fourth-order valence-electron chi connectivity index (χ4n) is 3.84. The van der Waals surface area contributed by atoms with Crippen molar-refractivity contribution >= 4 is 5.97 Å². The van der Waals surface area contributed by atoms with Crippen molar-refractivity contribution in [1.82, 2.24) is 9.80 Å². The van der Waals surface area contributed by atoms with E-state index >= 15 is 0 Å². The van der Waals surface area contributed by atoms with Gasteiger partial charge in [-0.2, -0.15) is 0 Å². The van der Waals surface area contributed by atoms with E-state index in [9.17, 15) is 4.79 Å². The molecule has 2 rings (SSSR count). The lowest BCUT2D eigenvalue weighted by molar-refractivity contribution is -0.149. The van der Waals surface area contributed by atoms with Gasteiger partial charge in [-0.1, -0.05) is 0 Å². The quantitative estimate of drug-likeness (QED) is 0.769. The van der Waals surface area contributed by atoms with Crippen LogP contribution < -0.4 is 5.73 Å². The highest BCUT2D eigenvalue weighted by atomic mass is 16.5. The van der Waals surface area contributed by atoms with Gasteiger partial charge in [-0.3, -0.25) is 4.79 Å². The van der Waals surface area contributed by atoms with Gasteiger partial charge in [0, 0.05) is 12.6 Å². The largest absolute Gasteiger partial charge is 0.465 e. The van der Waals surface area contributed by atoms with Crippen molar-refractivity contribution in [2.24, 2.45) is 11.7 Å². The molecule has 0 amide bonds. The smallest absolute Gasteiger partial charge is 0.326 e. The van der Waals surface area contributed by atoms with Crippen LogP contribution in [0.4, 0.5) is 0 Å². The molecule has 2 atom stereocenters. The number of rotatable bonds is 5. The first-order valence-electron chi connectivity index (χ1n) is 8.29. The van der Waals surface area contributed by atoms with Gasteiger partial charge in [-0.05, 0) is 72.1 Å². The molecule has 0 aromatic heterocycles. The third kappa shape index (κ3) is 4.18. The standard InChI is InChI=1S/C16H31N3O2/c1-4-21-15(20)16(17)8-5-14(11-16)19-9-6-13(7-10-19)12-18(2)3/h13-14H,4-12,17H2,1-3H3.